The third kappa shape index (κ3) is 3.35. The van der Waals surface area contributed by atoms with Gasteiger partial charge in [-0.1, -0.05) is 24.3 Å². The first-order valence-corrected chi connectivity index (χ1v) is 13.0. The Morgan fingerprint density at radius 2 is 1.66 bits per heavy atom. The molecule has 0 unspecified atom stereocenters. The Morgan fingerprint density at radius 3 is 2.47 bits per heavy atom. The van der Waals surface area contributed by atoms with Gasteiger partial charge in [0.2, 0.25) is 0 Å². The molecule has 5 heteroatoms. The highest BCUT2D eigenvalue weighted by Crippen LogP contribution is 2.43. The number of carbonyl (C=O) groups is 1. The van der Waals surface area contributed by atoms with Crippen LogP contribution < -0.4 is 10.6 Å². The highest BCUT2D eigenvalue weighted by Gasteiger charge is 2.21. The number of furan rings is 2. The molecule has 4 nitrogen and oxygen atoms in total. The summed E-state index contributed by atoms with van der Waals surface area (Å²) in [6, 6.07) is 19.0. The second-order valence-corrected chi connectivity index (χ2v) is 10.4. The van der Waals surface area contributed by atoms with E-state index in [9.17, 15) is 9.18 Å². The summed E-state index contributed by atoms with van der Waals surface area (Å²) < 4.78 is 20.9. The molecule has 7 rings (SSSR count). The normalized spacial score (nSPS) is 13.2. The molecule has 0 saturated heterocycles. The van der Waals surface area contributed by atoms with E-state index in [-0.39, 0.29) is 11.7 Å². The Balaban J connectivity index is 1.24. The van der Waals surface area contributed by atoms with Crippen LogP contribution in [0.25, 0.3) is 43.8 Å². The van der Waals surface area contributed by atoms with Gasteiger partial charge >= 0.3 is 0 Å². The number of aryl methyl sites for hydroxylation is 2. The van der Waals surface area contributed by atoms with Crippen molar-refractivity contribution >= 4 is 38.6 Å². The molecule has 0 saturated carbocycles. The topological polar surface area (TPSA) is 54.3 Å². The van der Waals surface area contributed by atoms with Crippen LogP contribution in [0.3, 0.4) is 0 Å². The molecule has 0 atom stereocenters. The minimum atomic E-state index is -0.240. The third-order valence-electron chi connectivity index (χ3n) is 8.20. The van der Waals surface area contributed by atoms with Gasteiger partial charge in [0, 0.05) is 52.3 Å². The van der Waals surface area contributed by atoms with E-state index in [1.807, 2.05) is 49.4 Å². The molecule has 3 heterocycles. The number of nitrogens with one attached hydrogen (secondary N) is 2. The van der Waals surface area contributed by atoms with E-state index >= 15 is 0 Å². The van der Waals surface area contributed by atoms with Gasteiger partial charge in [-0.3, -0.25) is 4.79 Å². The molecule has 1 aliphatic heterocycles. The zero-order chi connectivity index (χ0) is 26.1. The Labute approximate surface area is 219 Å². The maximum atomic E-state index is 14.7. The predicted molar refractivity (Wildman–Crippen MR) is 150 cm³/mol. The number of amides is 1. The molecule has 0 fully saturated rings. The van der Waals surface area contributed by atoms with Crippen molar-refractivity contribution < 1.29 is 13.6 Å². The van der Waals surface area contributed by atoms with E-state index in [4.69, 9.17) is 4.42 Å². The summed E-state index contributed by atoms with van der Waals surface area (Å²) >= 11 is 0. The van der Waals surface area contributed by atoms with Gasteiger partial charge in [0.25, 0.3) is 5.91 Å². The molecule has 4 aromatic carbocycles. The van der Waals surface area contributed by atoms with Gasteiger partial charge in [-0.05, 0) is 96.1 Å². The van der Waals surface area contributed by atoms with Crippen LogP contribution in [0.1, 0.15) is 43.7 Å². The lowest BCUT2D eigenvalue weighted by Crippen LogP contribution is -2.24. The number of hydrogen-bond acceptors (Lipinski definition) is 3. The molecule has 2 N–H and O–H groups in total. The molecule has 6 aromatic rings. The van der Waals surface area contributed by atoms with E-state index in [1.165, 1.54) is 33.9 Å². The molecule has 2 bridgehead atoms. The van der Waals surface area contributed by atoms with E-state index < -0.39 is 0 Å². The number of fused-ring (bicyclic) bond motifs is 9. The number of hydrogen-bond donors (Lipinski definition) is 2. The zero-order valence-electron chi connectivity index (χ0n) is 21.6. The zero-order valence-corrected chi connectivity index (χ0v) is 21.6. The monoisotopic (exact) mass is 502 g/mol. The standard InChI is InChI=1S/C33H27FN2O2/c1-17-5-4-6-29(34)30(17)20-7-9-23-25(12-20)32-26-13-21(8-10-24(26)31(23)38-32)33(37)36-16-27-18(2)11-22-14-35-15-28(22)19(27)3/h4-13,35H,14-16H2,1-3H3,(H,36,37). The molecular formula is C33H27FN2O2. The van der Waals surface area contributed by atoms with Gasteiger partial charge in [0.1, 0.15) is 17.0 Å². The molecule has 188 valence electrons. The van der Waals surface area contributed by atoms with Crippen molar-refractivity contribution in [2.45, 2.75) is 40.4 Å². The van der Waals surface area contributed by atoms with E-state index in [0.29, 0.717) is 17.7 Å². The fourth-order valence-corrected chi connectivity index (χ4v) is 6.19. The SMILES string of the molecule is Cc1cc2c(c(C)c1CNC(=O)c1ccc3c(c1)c1oc3c3ccc(-c4c(C)cccc4F)cc31)CNC2. The lowest BCUT2D eigenvalue weighted by atomic mass is 9.94. The third-order valence-corrected chi connectivity index (χ3v) is 8.20. The molecule has 1 amide bonds. The second-order valence-electron chi connectivity index (χ2n) is 10.4. The fraction of sp³-hybridized carbons (Fsp3) is 0.182. The van der Waals surface area contributed by atoms with E-state index in [2.05, 4.69) is 30.5 Å². The number of benzene rings is 5. The largest absolute Gasteiger partial charge is 0.455 e. The Kier molecular flexibility index (Phi) is 5.07. The van der Waals surface area contributed by atoms with Crippen molar-refractivity contribution in [3.63, 3.8) is 0 Å². The second kappa shape index (κ2) is 8.40. The van der Waals surface area contributed by atoms with Crippen LogP contribution >= 0.6 is 0 Å². The summed E-state index contributed by atoms with van der Waals surface area (Å²) in [4.78, 5) is 13.2. The maximum absolute atomic E-state index is 14.7. The van der Waals surface area contributed by atoms with Crippen LogP contribution in [0, 0.1) is 26.6 Å². The smallest absolute Gasteiger partial charge is 0.251 e. The lowest BCUT2D eigenvalue weighted by molar-refractivity contribution is 0.0951. The van der Waals surface area contributed by atoms with Crippen LogP contribution in [0.4, 0.5) is 4.39 Å². The van der Waals surface area contributed by atoms with E-state index in [1.54, 1.807) is 6.07 Å². The van der Waals surface area contributed by atoms with Gasteiger partial charge in [0.15, 0.2) is 0 Å². The summed E-state index contributed by atoms with van der Waals surface area (Å²) in [6.45, 7) is 8.44. The Morgan fingerprint density at radius 1 is 0.895 bits per heavy atom. The summed E-state index contributed by atoms with van der Waals surface area (Å²) in [6.07, 6.45) is 0. The van der Waals surface area contributed by atoms with Gasteiger partial charge in [-0.25, -0.2) is 4.39 Å². The first kappa shape index (κ1) is 22.9. The van der Waals surface area contributed by atoms with Crippen molar-refractivity contribution in [3.05, 3.63) is 105 Å². The molecule has 0 radical (unpaired) electrons. The molecule has 1 aliphatic rings. The Hall–Kier alpha value is -4.22. The van der Waals surface area contributed by atoms with Crippen LogP contribution in [0.15, 0.2) is 65.1 Å². The van der Waals surface area contributed by atoms with Crippen molar-refractivity contribution in [1.29, 1.82) is 0 Å². The van der Waals surface area contributed by atoms with Crippen molar-refractivity contribution in [1.82, 2.24) is 10.6 Å². The van der Waals surface area contributed by atoms with E-state index in [0.717, 1.165) is 56.9 Å². The average Bonchev–Trinajstić information content (AvgIpc) is 3.62. The van der Waals surface area contributed by atoms with Crippen molar-refractivity contribution in [3.8, 4) is 11.1 Å². The molecule has 0 aliphatic carbocycles. The summed E-state index contributed by atoms with van der Waals surface area (Å²) in [5.74, 6) is -0.356. The highest BCUT2D eigenvalue weighted by molar-refractivity contribution is 6.26. The minimum Gasteiger partial charge on any atom is -0.455 e. The summed E-state index contributed by atoms with van der Waals surface area (Å²) in [5.41, 5.74) is 10.8. The van der Waals surface area contributed by atoms with Gasteiger partial charge in [-0.15, -0.1) is 0 Å². The first-order valence-electron chi connectivity index (χ1n) is 13.0. The summed E-state index contributed by atoms with van der Waals surface area (Å²) in [5, 5.41) is 10.4. The maximum Gasteiger partial charge on any atom is 0.251 e. The lowest BCUT2D eigenvalue weighted by Gasteiger charge is -2.15. The molecule has 0 spiro atoms. The average molecular weight is 503 g/mol. The van der Waals surface area contributed by atoms with Crippen molar-refractivity contribution in [2.24, 2.45) is 0 Å². The van der Waals surface area contributed by atoms with Crippen LogP contribution in [0.5, 0.6) is 0 Å². The van der Waals surface area contributed by atoms with Gasteiger partial charge in [-0.2, -0.15) is 0 Å². The quantitative estimate of drug-likeness (QED) is 0.246. The van der Waals surface area contributed by atoms with Crippen molar-refractivity contribution in [2.75, 3.05) is 0 Å². The molecular weight excluding hydrogens is 475 g/mol. The van der Waals surface area contributed by atoms with Crippen LogP contribution in [0.2, 0.25) is 0 Å². The fourth-order valence-electron chi connectivity index (χ4n) is 6.19. The first-order chi connectivity index (χ1) is 18.4. The van der Waals surface area contributed by atoms with Crippen LogP contribution in [-0.4, -0.2) is 5.91 Å². The highest BCUT2D eigenvalue weighted by atomic mass is 19.1. The van der Waals surface area contributed by atoms with Gasteiger partial charge < -0.3 is 15.1 Å². The Bertz CT molecular complexity index is 1900. The summed E-state index contributed by atoms with van der Waals surface area (Å²) in [7, 11) is 0. The predicted octanol–water partition coefficient (Wildman–Crippen LogP) is 7.44. The minimum absolute atomic E-state index is 0.116. The number of halogens is 1. The number of rotatable bonds is 4. The molecule has 2 aromatic heterocycles. The number of carbonyl (C=O) groups excluding carboxylic acids is 1. The van der Waals surface area contributed by atoms with Gasteiger partial charge in [0.05, 0.1) is 0 Å². The van der Waals surface area contributed by atoms with Crippen LogP contribution in [-0.2, 0) is 19.6 Å². The molecule has 38 heavy (non-hydrogen) atoms.